The molecule has 0 N–H and O–H groups in total. The minimum atomic E-state index is -0.408. The molecule has 0 amide bonds. The fourth-order valence-electron chi connectivity index (χ4n) is 3.43. The van der Waals surface area contributed by atoms with Crippen LogP contribution in [-0.4, -0.2) is 29.1 Å². The highest BCUT2D eigenvalue weighted by atomic mass is 16.5. The first-order chi connectivity index (χ1) is 11.7. The quantitative estimate of drug-likeness (QED) is 0.778. The van der Waals surface area contributed by atoms with Gasteiger partial charge in [-0.05, 0) is 63.5 Å². The molecule has 0 unspecified atom stereocenters. The van der Waals surface area contributed by atoms with Crippen molar-refractivity contribution in [2.75, 3.05) is 0 Å². The third kappa shape index (κ3) is 4.56. The van der Waals surface area contributed by atoms with Crippen LogP contribution in [0.1, 0.15) is 85.1 Å². The van der Waals surface area contributed by atoms with E-state index < -0.39 is 5.97 Å². The molecule has 130 valence electrons. The molecule has 0 aliphatic heterocycles. The molecule has 1 aromatic heterocycles. The number of nitrogens with zero attached hydrogens (tertiary/aromatic N) is 1. The van der Waals surface area contributed by atoms with Crippen molar-refractivity contribution in [3.05, 3.63) is 29.6 Å². The van der Waals surface area contributed by atoms with Gasteiger partial charge in [0.2, 0.25) is 0 Å². The highest BCUT2D eigenvalue weighted by Crippen LogP contribution is 2.22. The van der Waals surface area contributed by atoms with E-state index in [1.54, 1.807) is 12.1 Å². The summed E-state index contributed by atoms with van der Waals surface area (Å²) in [5.41, 5.74) is 0.629. The van der Waals surface area contributed by atoms with Gasteiger partial charge < -0.3 is 9.47 Å². The molecule has 5 heteroatoms. The zero-order chi connectivity index (χ0) is 16.8. The first kappa shape index (κ1) is 16.9. The van der Waals surface area contributed by atoms with Crippen molar-refractivity contribution in [1.82, 2.24) is 4.98 Å². The van der Waals surface area contributed by atoms with Crippen molar-refractivity contribution in [1.29, 1.82) is 0 Å². The van der Waals surface area contributed by atoms with Gasteiger partial charge in [-0.25, -0.2) is 14.6 Å². The maximum atomic E-state index is 12.1. The fourth-order valence-corrected chi connectivity index (χ4v) is 3.43. The average Bonchev–Trinajstić information content (AvgIpc) is 2.63. The highest BCUT2D eigenvalue weighted by molar-refractivity contribution is 5.91. The van der Waals surface area contributed by atoms with Gasteiger partial charge in [-0.1, -0.05) is 12.8 Å². The van der Waals surface area contributed by atoms with Gasteiger partial charge in [0, 0.05) is 6.20 Å². The second-order valence-corrected chi connectivity index (χ2v) is 6.76. The molecule has 0 aromatic carbocycles. The van der Waals surface area contributed by atoms with Gasteiger partial charge in [0.1, 0.15) is 17.9 Å². The topological polar surface area (TPSA) is 65.5 Å². The number of ether oxygens (including phenoxy) is 2. The van der Waals surface area contributed by atoms with Crippen LogP contribution in [0.3, 0.4) is 0 Å². The van der Waals surface area contributed by atoms with Crippen LogP contribution in [0.5, 0.6) is 0 Å². The van der Waals surface area contributed by atoms with E-state index >= 15 is 0 Å². The SMILES string of the molecule is O=C(OC1CCCCC1)c1ccc(C(=O)OC2CCCCC2)nc1. The monoisotopic (exact) mass is 331 g/mol. The molecule has 2 fully saturated rings. The van der Waals surface area contributed by atoms with Gasteiger partial charge in [0.15, 0.2) is 0 Å². The maximum Gasteiger partial charge on any atom is 0.357 e. The Morgan fingerprint density at radius 1 is 0.792 bits per heavy atom. The van der Waals surface area contributed by atoms with Crippen LogP contribution in [0.15, 0.2) is 18.3 Å². The summed E-state index contributed by atoms with van der Waals surface area (Å²) in [6, 6.07) is 3.14. The smallest absolute Gasteiger partial charge is 0.357 e. The Morgan fingerprint density at radius 3 is 1.83 bits per heavy atom. The molecule has 0 radical (unpaired) electrons. The summed E-state index contributed by atoms with van der Waals surface area (Å²) in [4.78, 5) is 28.3. The molecule has 2 aliphatic carbocycles. The summed E-state index contributed by atoms with van der Waals surface area (Å²) >= 11 is 0. The van der Waals surface area contributed by atoms with E-state index in [0.717, 1.165) is 51.4 Å². The van der Waals surface area contributed by atoms with Gasteiger partial charge in [-0.15, -0.1) is 0 Å². The Morgan fingerprint density at radius 2 is 1.33 bits per heavy atom. The lowest BCUT2D eigenvalue weighted by atomic mass is 9.98. The third-order valence-corrected chi connectivity index (χ3v) is 4.86. The van der Waals surface area contributed by atoms with Gasteiger partial charge >= 0.3 is 11.9 Å². The number of hydrogen-bond donors (Lipinski definition) is 0. The lowest BCUT2D eigenvalue weighted by molar-refractivity contribution is 0.0191. The number of hydrogen-bond acceptors (Lipinski definition) is 5. The van der Waals surface area contributed by atoms with Crippen LogP contribution in [0, 0.1) is 0 Å². The maximum absolute atomic E-state index is 12.1. The summed E-state index contributed by atoms with van der Waals surface area (Å²) in [5, 5.41) is 0. The Hall–Kier alpha value is -1.91. The van der Waals surface area contributed by atoms with E-state index in [9.17, 15) is 9.59 Å². The molecule has 0 bridgehead atoms. The number of aromatic nitrogens is 1. The zero-order valence-electron chi connectivity index (χ0n) is 14.0. The number of rotatable bonds is 4. The van der Waals surface area contributed by atoms with Crippen LogP contribution in [0.25, 0.3) is 0 Å². The average molecular weight is 331 g/mol. The van der Waals surface area contributed by atoms with E-state index in [2.05, 4.69) is 4.98 Å². The fraction of sp³-hybridized carbons (Fsp3) is 0.632. The van der Waals surface area contributed by atoms with E-state index in [1.165, 1.54) is 19.0 Å². The van der Waals surface area contributed by atoms with E-state index in [0.29, 0.717) is 5.56 Å². The molecule has 0 atom stereocenters. The predicted octanol–water partition coefficient (Wildman–Crippen LogP) is 4.06. The second-order valence-electron chi connectivity index (χ2n) is 6.76. The standard InChI is InChI=1S/C19H25NO4/c21-18(23-15-7-3-1-4-8-15)14-11-12-17(20-13-14)19(22)24-16-9-5-2-6-10-16/h11-13,15-16H,1-10H2. The van der Waals surface area contributed by atoms with Crippen molar-refractivity contribution in [2.24, 2.45) is 0 Å². The van der Waals surface area contributed by atoms with Gasteiger partial charge in [-0.2, -0.15) is 0 Å². The predicted molar refractivity (Wildman–Crippen MR) is 88.8 cm³/mol. The molecule has 2 saturated carbocycles. The molecular weight excluding hydrogens is 306 g/mol. The number of carbonyl (C=O) groups is 2. The first-order valence-electron chi connectivity index (χ1n) is 9.10. The molecule has 1 heterocycles. The Bertz CT molecular complexity index is 506. The molecule has 1 aromatic rings. The summed E-state index contributed by atoms with van der Waals surface area (Å²) in [6.07, 6.45) is 12.0. The molecule has 0 saturated heterocycles. The van der Waals surface area contributed by atoms with Crippen molar-refractivity contribution in [3.8, 4) is 0 Å². The number of esters is 2. The van der Waals surface area contributed by atoms with Crippen LogP contribution in [-0.2, 0) is 9.47 Å². The van der Waals surface area contributed by atoms with Crippen molar-refractivity contribution < 1.29 is 19.1 Å². The summed E-state index contributed by atoms with van der Waals surface area (Å²) in [5.74, 6) is -0.768. The largest absolute Gasteiger partial charge is 0.459 e. The Kier molecular flexibility index (Phi) is 5.83. The molecule has 0 spiro atoms. The third-order valence-electron chi connectivity index (χ3n) is 4.86. The highest BCUT2D eigenvalue weighted by Gasteiger charge is 2.21. The Labute approximate surface area is 142 Å². The van der Waals surface area contributed by atoms with E-state index in [4.69, 9.17) is 9.47 Å². The molecule has 2 aliphatic rings. The lowest BCUT2D eigenvalue weighted by Crippen LogP contribution is -2.22. The van der Waals surface area contributed by atoms with Crippen LogP contribution < -0.4 is 0 Å². The normalized spacial score (nSPS) is 19.7. The number of pyridine rings is 1. The van der Waals surface area contributed by atoms with E-state index in [1.807, 2.05) is 0 Å². The minimum absolute atomic E-state index is 0.00370. The van der Waals surface area contributed by atoms with Crippen molar-refractivity contribution in [2.45, 2.75) is 76.4 Å². The molecule has 5 nitrogen and oxygen atoms in total. The summed E-state index contributed by atoms with van der Waals surface area (Å²) in [6.45, 7) is 0. The minimum Gasteiger partial charge on any atom is -0.459 e. The summed E-state index contributed by atoms with van der Waals surface area (Å²) in [7, 11) is 0. The second kappa shape index (κ2) is 8.27. The van der Waals surface area contributed by atoms with E-state index in [-0.39, 0.29) is 23.9 Å². The van der Waals surface area contributed by atoms with Gasteiger partial charge in [-0.3, -0.25) is 0 Å². The van der Waals surface area contributed by atoms with Crippen LogP contribution in [0.4, 0.5) is 0 Å². The first-order valence-corrected chi connectivity index (χ1v) is 9.10. The zero-order valence-corrected chi connectivity index (χ0v) is 14.0. The van der Waals surface area contributed by atoms with Crippen molar-refractivity contribution in [3.63, 3.8) is 0 Å². The molecule has 24 heavy (non-hydrogen) atoms. The van der Waals surface area contributed by atoms with Gasteiger partial charge in [0.25, 0.3) is 0 Å². The number of carbonyl (C=O) groups excluding carboxylic acids is 2. The van der Waals surface area contributed by atoms with Crippen LogP contribution >= 0.6 is 0 Å². The summed E-state index contributed by atoms with van der Waals surface area (Å²) < 4.78 is 11.0. The Balaban J connectivity index is 1.53. The van der Waals surface area contributed by atoms with Crippen molar-refractivity contribution >= 4 is 11.9 Å². The van der Waals surface area contributed by atoms with Crippen LogP contribution in [0.2, 0.25) is 0 Å². The lowest BCUT2D eigenvalue weighted by Gasteiger charge is -2.22. The molecular formula is C19H25NO4. The van der Waals surface area contributed by atoms with Gasteiger partial charge in [0.05, 0.1) is 5.56 Å². The molecule has 3 rings (SSSR count).